The van der Waals surface area contributed by atoms with E-state index in [9.17, 15) is 10.0 Å². The largest absolute Gasteiger partial charge is 0.462 e. The molecule has 36 heavy (non-hydrogen) atoms. The van der Waals surface area contributed by atoms with Gasteiger partial charge in [-0.1, -0.05) is 46.8 Å². The first kappa shape index (κ1) is 26.3. The van der Waals surface area contributed by atoms with Gasteiger partial charge in [0.05, 0.1) is 6.21 Å². The topological polar surface area (TPSA) is 58.9 Å². The quantitative estimate of drug-likeness (QED) is 0.141. The summed E-state index contributed by atoms with van der Waals surface area (Å²) in [5.74, 6) is 2.89. The van der Waals surface area contributed by atoms with Crippen molar-refractivity contribution in [2.75, 3.05) is 0 Å². The van der Waals surface area contributed by atoms with Gasteiger partial charge in [-0.3, -0.25) is 4.79 Å². The van der Waals surface area contributed by atoms with E-state index in [4.69, 9.17) is 4.74 Å². The maximum Gasteiger partial charge on any atom is 0.302 e. The molecule has 6 unspecified atom stereocenters. The van der Waals surface area contributed by atoms with Crippen LogP contribution in [0.5, 0.6) is 0 Å². The molecule has 5 aliphatic carbocycles. The zero-order valence-electron chi connectivity index (χ0n) is 24.0. The first-order valence-corrected chi connectivity index (χ1v) is 14.8. The molecule has 0 radical (unpaired) electrons. The van der Waals surface area contributed by atoms with Crippen molar-refractivity contribution in [3.8, 4) is 0 Å². The van der Waals surface area contributed by atoms with Crippen LogP contribution in [0.1, 0.15) is 113 Å². The van der Waals surface area contributed by atoms with E-state index in [1.54, 1.807) is 6.92 Å². The van der Waals surface area contributed by atoms with Gasteiger partial charge in [-0.05, 0) is 117 Å². The smallest absolute Gasteiger partial charge is 0.302 e. The predicted octanol–water partition coefficient (Wildman–Crippen LogP) is 8.04. The molecule has 10 atom stereocenters. The Bertz CT molecular complexity index is 955. The molecule has 0 aliphatic heterocycles. The van der Waals surface area contributed by atoms with Crippen LogP contribution in [0.3, 0.4) is 0 Å². The van der Waals surface area contributed by atoms with Crippen LogP contribution in [-0.4, -0.2) is 23.5 Å². The number of carbonyl (C=O) groups excluding carboxylic acids is 1. The average Bonchev–Trinajstić information content (AvgIpc) is 3.16. The summed E-state index contributed by atoms with van der Waals surface area (Å²) < 4.78 is 5.90. The van der Waals surface area contributed by atoms with Gasteiger partial charge in [-0.2, -0.15) is 0 Å². The molecule has 0 bridgehead atoms. The Morgan fingerprint density at radius 1 is 0.889 bits per heavy atom. The van der Waals surface area contributed by atoms with E-state index in [1.165, 1.54) is 50.5 Å². The number of oxime groups is 1. The van der Waals surface area contributed by atoms with Crippen molar-refractivity contribution in [2.24, 2.45) is 61.8 Å². The maximum absolute atomic E-state index is 11.9. The molecule has 5 rings (SSSR count). The lowest BCUT2D eigenvalue weighted by Crippen LogP contribution is -2.66. The first-order valence-electron chi connectivity index (χ1n) is 14.8. The number of esters is 1. The monoisotopic (exact) mass is 497 g/mol. The first-order chi connectivity index (χ1) is 16.8. The summed E-state index contributed by atoms with van der Waals surface area (Å²) in [6, 6.07) is 0. The van der Waals surface area contributed by atoms with Crippen molar-refractivity contribution in [1.82, 2.24) is 0 Å². The molecule has 5 aliphatic rings. The molecule has 0 aromatic heterocycles. The predicted molar refractivity (Wildman–Crippen MR) is 145 cm³/mol. The van der Waals surface area contributed by atoms with Crippen molar-refractivity contribution >= 4 is 12.2 Å². The van der Waals surface area contributed by atoms with Gasteiger partial charge in [0, 0.05) is 17.8 Å². The van der Waals surface area contributed by atoms with E-state index < -0.39 is 0 Å². The summed E-state index contributed by atoms with van der Waals surface area (Å²) in [5.41, 5.74) is 2.24. The Labute approximate surface area is 219 Å². The fraction of sp³-hybridized carbons (Fsp3) is 0.875. The molecule has 0 aromatic carbocycles. The Kier molecular flexibility index (Phi) is 6.09. The zero-order valence-corrected chi connectivity index (χ0v) is 24.0. The van der Waals surface area contributed by atoms with E-state index in [2.05, 4.69) is 53.3 Å². The third kappa shape index (κ3) is 3.30. The highest BCUT2D eigenvalue weighted by Crippen LogP contribution is 2.77. The highest BCUT2D eigenvalue weighted by atomic mass is 16.5. The van der Waals surface area contributed by atoms with Crippen LogP contribution in [0.4, 0.5) is 0 Å². The third-order valence-electron chi connectivity index (χ3n) is 13.7. The number of nitrogens with zero attached hydrogens (tertiary/aromatic N) is 1. The van der Waals surface area contributed by atoms with Crippen molar-refractivity contribution in [3.63, 3.8) is 0 Å². The Morgan fingerprint density at radius 2 is 1.61 bits per heavy atom. The van der Waals surface area contributed by atoms with Crippen LogP contribution in [0.2, 0.25) is 0 Å². The van der Waals surface area contributed by atoms with Gasteiger partial charge in [-0.15, -0.1) is 5.16 Å². The third-order valence-corrected chi connectivity index (χ3v) is 13.7. The second-order valence-electron chi connectivity index (χ2n) is 15.1. The van der Waals surface area contributed by atoms with E-state index in [1.807, 2.05) is 6.21 Å². The molecule has 5 fully saturated rings. The van der Waals surface area contributed by atoms with Crippen LogP contribution in [-0.2, 0) is 9.53 Å². The van der Waals surface area contributed by atoms with E-state index in [0.29, 0.717) is 35.0 Å². The van der Waals surface area contributed by atoms with E-state index in [-0.39, 0.29) is 33.7 Å². The lowest BCUT2D eigenvalue weighted by molar-refractivity contribution is -0.246. The number of carbonyl (C=O) groups is 1. The second kappa shape index (κ2) is 8.34. The number of hydrogen-bond donors (Lipinski definition) is 1. The Morgan fingerprint density at radius 3 is 2.25 bits per heavy atom. The summed E-state index contributed by atoms with van der Waals surface area (Å²) in [4.78, 5) is 11.9. The lowest BCUT2D eigenvalue weighted by atomic mass is 9.32. The molecule has 0 spiro atoms. The summed E-state index contributed by atoms with van der Waals surface area (Å²) in [7, 11) is 0. The van der Waals surface area contributed by atoms with Crippen LogP contribution >= 0.6 is 0 Å². The minimum atomic E-state index is -0.133. The highest BCUT2D eigenvalue weighted by molar-refractivity contribution is 5.67. The van der Waals surface area contributed by atoms with Gasteiger partial charge in [0.1, 0.15) is 6.10 Å². The second-order valence-corrected chi connectivity index (χ2v) is 15.1. The zero-order chi connectivity index (χ0) is 26.3. The molecule has 4 nitrogen and oxygen atoms in total. The molecular formula is C32H51NO3. The van der Waals surface area contributed by atoms with Crippen LogP contribution in [0, 0.1) is 56.7 Å². The minimum absolute atomic E-state index is 0.00750. The molecule has 5 saturated carbocycles. The number of hydrogen-bond acceptors (Lipinski definition) is 4. The number of rotatable bonds is 3. The molecule has 0 saturated heterocycles. The van der Waals surface area contributed by atoms with Crippen molar-refractivity contribution in [1.29, 1.82) is 0 Å². The SMILES string of the molecule is C=C(C)[C@@H]1CCC2(/C=N/O)CC[C@]3(C)C(CCC4[C@@]5(C)CCC(OC(C)=O)C(C)(C)C5CC[C@]43C)C12. The van der Waals surface area contributed by atoms with Crippen molar-refractivity contribution in [2.45, 2.75) is 119 Å². The molecule has 1 N–H and O–H groups in total. The molecular weight excluding hydrogens is 446 g/mol. The fourth-order valence-electron chi connectivity index (χ4n) is 11.9. The van der Waals surface area contributed by atoms with Crippen molar-refractivity contribution < 1.29 is 14.7 Å². The van der Waals surface area contributed by atoms with Crippen LogP contribution in [0.25, 0.3) is 0 Å². The standard InChI is InChI=1S/C32H51NO3/c1-20(2)22-11-16-32(19-33-35)18-17-30(7)23(27(22)32)9-10-25-29(6)14-13-26(36-21(3)34)28(4,5)24(29)12-15-31(25,30)8/h19,22-27,35H,1,9-18H2,2-8H3/b33-19+/t22-,23?,24?,25?,26?,27?,29-,30+,31+,32?/m0/s1. The molecule has 0 heterocycles. The van der Waals surface area contributed by atoms with E-state index in [0.717, 1.165) is 19.3 Å². The Balaban J connectivity index is 1.52. The summed E-state index contributed by atoms with van der Waals surface area (Å²) >= 11 is 0. The van der Waals surface area contributed by atoms with E-state index >= 15 is 0 Å². The Hall–Kier alpha value is -1.32. The number of fused-ring (bicyclic) bond motifs is 7. The highest BCUT2D eigenvalue weighted by Gasteiger charge is 2.71. The van der Waals surface area contributed by atoms with Gasteiger partial charge in [0.2, 0.25) is 0 Å². The maximum atomic E-state index is 11.9. The van der Waals surface area contributed by atoms with Crippen molar-refractivity contribution in [3.05, 3.63) is 12.2 Å². The molecule has 202 valence electrons. The van der Waals surface area contributed by atoms with Gasteiger partial charge >= 0.3 is 5.97 Å². The van der Waals surface area contributed by atoms with Gasteiger partial charge in [0.25, 0.3) is 0 Å². The number of ether oxygens (including phenoxy) is 1. The van der Waals surface area contributed by atoms with Gasteiger partial charge in [0.15, 0.2) is 0 Å². The average molecular weight is 498 g/mol. The van der Waals surface area contributed by atoms with Crippen LogP contribution in [0.15, 0.2) is 17.3 Å². The fourth-order valence-corrected chi connectivity index (χ4v) is 11.9. The lowest BCUT2D eigenvalue weighted by Gasteiger charge is -2.72. The number of allylic oxidation sites excluding steroid dienone is 1. The molecule has 0 aromatic rings. The van der Waals surface area contributed by atoms with Crippen LogP contribution < -0.4 is 0 Å². The molecule has 4 heteroatoms. The minimum Gasteiger partial charge on any atom is -0.462 e. The summed E-state index contributed by atoms with van der Waals surface area (Å²) in [5, 5.41) is 13.4. The molecule has 0 amide bonds. The van der Waals surface area contributed by atoms with Gasteiger partial charge < -0.3 is 9.94 Å². The van der Waals surface area contributed by atoms with Gasteiger partial charge in [-0.25, -0.2) is 0 Å². The normalized spacial score (nSPS) is 51.5. The summed E-state index contributed by atoms with van der Waals surface area (Å²) in [6.45, 7) is 20.9. The summed E-state index contributed by atoms with van der Waals surface area (Å²) in [6.07, 6.45) is 13.9.